The van der Waals surface area contributed by atoms with E-state index < -0.39 is 5.60 Å². The van der Waals surface area contributed by atoms with Crippen LogP contribution in [-0.4, -0.2) is 37.1 Å². The van der Waals surface area contributed by atoms with E-state index in [1.807, 2.05) is 6.92 Å². The summed E-state index contributed by atoms with van der Waals surface area (Å²) in [4.78, 5) is 5.03. The van der Waals surface area contributed by atoms with Crippen LogP contribution >= 0.6 is 0 Å². The zero-order valence-electron chi connectivity index (χ0n) is 8.26. The molecular weight excluding hydrogens is 158 g/mol. The van der Waals surface area contributed by atoms with Gasteiger partial charge in [-0.2, -0.15) is 5.48 Å². The lowest BCUT2D eigenvalue weighted by Crippen LogP contribution is -2.44. The van der Waals surface area contributed by atoms with Crippen molar-refractivity contribution in [2.24, 2.45) is 0 Å². The molecule has 1 unspecified atom stereocenters. The summed E-state index contributed by atoms with van der Waals surface area (Å²) in [6, 6.07) is -0.102. The summed E-state index contributed by atoms with van der Waals surface area (Å²) in [5, 5.41) is 9.47. The van der Waals surface area contributed by atoms with Crippen molar-refractivity contribution in [3.63, 3.8) is 0 Å². The maximum absolute atomic E-state index is 9.47. The van der Waals surface area contributed by atoms with E-state index in [0.29, 0.717) is 13.2 Å². The van der Waals surface area contributed by atoms with E-state index in [2.05, 4.69) is 5.48 Å². The van der Waals surface area contributed by atoms with Gasteiger partial charge in [0.05, 0.1) is 24.9 Å². The molecule has 0 aromatic carbocycles. The van der Waals surface area contributed by atoms with Gasteiger partial charge in [0.2, 0.25) is 0 Å². The van der Waals surface area contributed by atoms with E-state index in [1.165, 1.54) is 0 Å². The summed E-state index contributed by atoms with van der Waals surface area (Å²) in [6.07, 6.45) is 0. The van der Waals surface area contributed by atoms with Crippen molar-refractivity contribution in [3.05, 3.63) is 0 Å². The standard InChI is InChI=1S/C8H19NO3/c1-7(8(2,3)10)9-12-6-5-11-4/h7,9-10H,5-6H2,1-4H3. The average Bonchev–Trinajstić information content (AvgIpc) is 1.96. The molecule has 4 heteroatoms. The summed E-state index contributed by atoms with van der Waals surface area (Å²) in [5.41, 5.74) is 1.96. The van der Waals surface area contributed by atoms with E-state index in [1.54, 1.807) is 21.0 Å². The lowest BCUT2D eigenvalue weighted by Gasteiger charge is -2.26. The van der Waals surface area contributed by atoms with Crippen molar-refractivity contribution < 1.29 is 14.7 Å². The number of rotatable bonds is 6. The Bertz CT molecular complexity index is 111. The number of ether oxygens (including phenoxy) is 1. The Morgan fingerprint density at radius 2 is 2.00 bits per heavy atom. The minimum absolute atomic E-state index is 0.102. The molecule has 0 heterocycles. The largest absolute Gasteiger partial charge is 0.389 e. The van der Waals surface area contributed by atoms with E-state index >= 15 is 0 Å². The molecule has 12 heavy (non-hydrogen) atoms. The predicted octanol–water partition coefficient (Wildman–Crippen LogP) is 0.313. The Kier molecular flexibility index (Phi) is 5.41. The Balaban J connectivity index is 3.38. The van der Waals surface area contributed by atoms with Gasteiger partial charge in [-0.3, -0.25) is 4.84 Å². The molecule has 0 spiro atoms. The van der Waals surface area contributed by atoms with Crippen LogP contribution in [0, 0.1) is 0 Å². The Morgan fingerprint density at radius 3 is 2.42 bits per heavy atom. The van der Waals surface area contributed by atoms with Crippen molar-refractivity contribution >= 4 is 0 Å². The number of hydrogen-bond donors (Lipinski definition) is 2. The van der Waals surface area contributed by atoms with Crippen LogP contribution in [0.1, 0.15) is 20.8 Å². The van der Waals surface area contributed by atoms with Crippen LogP contribution in [0.2, 0.25) is 0 Å². The second-order valence-electron chi connectivity index (χ2n) is 3.33. The van der Waals surface area contributed by atoms with Gasteiger partial charge in [-0.15, -0.1) is 0 Å². The summed E-state index contributed by atoms with van der Waals surface area (Å²) in [5.74, 6) is 0. The molecule has 0 radical (unpaired) electrons. The van der Waals surface area contributed by atoms with Gasteiger partial charge >= 0.3 is 0 Å². The number of hydroxylamine groups is 1. The molecular formula is C8H19NO3. The predicted molar refractivity (Wildman–Crippen MR) is 46.7 cm³/mol. The molecule has 0 amide bonds. The minimum atomic E-state index is -0.771. The molecule has 0 saturated carbocycles. The summed E-state index contributed by atoms with van der Waals surface area (Å²) < 4.78 is 4.78. The highest BCUT2D eigenvalue weighted by Gasteiger charge is 2.21. The number of aliphatic hydroxyl groups is 1. The molecule has 0 rings (SSSR count). The zero-order chi connectivity index (χ0) is 9.61. The van der Waals surface area contributed by atoms with Crippen LogP contribution < -0.4 is 5.48 Å². The second-order valence-corrected chi connectivity index (χ2v) is 3.33. The molecule has 0 aromatic heterocycles. The van der Waals surface area contributed by atoms with Gasteiger partial charge in [-0.25, -0.2) is 0 Å². The normalized spacial score (nSPS) is 14.8. The molecule has 0 aliphatic heterocycles. The smallest absolute Gasteiger partial charge is 0.0916 e. The topological polar surface area (TPSA) is 50.7 Å². The fourth-order valence-corrected chi connectivity index (χ4v) is 0.453. The van der Waals surface area contributed by atoms with Crippen molar-refractivity contribution in [2.45, 2.75) is 32.4 Å². The molecule has 0 fully saturated rings. The van der Waals surface area contributed by atoms with Gasteiger partial charge in [0.1, 0.15) is 0 Å². The number of methoxy groups -OCH3 is 1. The van der Waals surface area contributed by atoms with Crippen LogP contribution in [0.5, 0.6) is 0 Å². The SMILES string of the molecule is COCCONC(C)C(C)(C)O. The molecule has 4 nitrogen and oxygen atoms in total. The third-order valence-corrected chi connectivity index (χ3v) is 1.71. The van der Waals surface area contributed by atoms with Gasteiger partial charge in [-0.1, -0.05) is 0 Å². The highest BCUT2D eigenvalue weighted by atomic mass is 16.7. The van der Waals surface area contributed by atoms with Crippen molar-refractivity contribution in [2.75, 3.05) is 20.3 Å². The molecule has 74 valence electrons. The maximum Gasteiger partial charge on any atom is 0.0916 e. The first-order chi connectivity index (χ1) is 5.48. The second kappa shape index (κ2) is 5.48. The lowest BCUT2D eigenvalue weighted by atomic mass is 10.0. The molecule has 0 bridgehead atoms. The first-order valence-corrected chi connectivity index (χ1v) is 4.07. The number of nitrogens with one attached hydrogen (secondary N) is 1. The highest BCUT2D eigenvalue weighted by molar-refractivity contribution is 4.76. The van der Waals surface area contributed by atoms with Gasteiger partial charge in [-0.05, 0) is 20.8 Å². The third-order valence-electron chi connectivity index (χ3n) is 1.71. The quantitative estimate of drug-likeness (QED) is 0.453. The van der Waals surface area contributed by atoms with Crippen molar-refractivity contribution in [1.82, 2.24) is 5.48 Å². The van der Waals surface area contributed by atoms with Crippen LogP contribution in [0.4, 0.5) is 0 Å². The maximum atomic E-state index is 9.47. The molecule has 2 N–H and O–H groups in total. The molecule has 1 atom stereocenters. The van der Waals surface area contributed by atoms with E-state index in [-0.39, 0.29) is 6.04 Å². The zero-order valence-corrected chi connectivity index (χ0v) is 8.26. The third kappa shape index (κ3) is 5.49. The molecule has 0 aromatic rings. The van der Waals surface area contributed by atoms with E-state index in [4.69, 9.17) is 9.57 Å². The lowest BCUT2D eigenvalue weighted by molar-refractivity contribution is -0.0621. The van der Waals surface area contributed by atoms with Gasteiger partial charge < -0.3 is 9.84 Å². The van der Waals surface area contributed by atoms with Crippen LogP contribution in [0.25, 0.3) is 0 Å². The average molecular weight is 177 g/mol. The molecule has 0 aliphatic rings. The first kappa shape index (κ1) is 11.8. The highest BCUT2D eigenvalue weighted by Crippen LogP contribution is 2.06. The van der Waals surface area contributed by atoms with Crippen molar-refractivity contribution in [1.29, 1.82) is 0 Å². The summed E-state index contributed by atoms with van der Waals surface area (Å²) in [6.45, 7) is 6.34. The monoisotopic (exact) mass is 177 g/mol. The molecule has 0 saturated heterocycles. The van der Waals surface area contributed by atoms with E-state index in [9.17, 15) is 5.11 Å². The Hall–Kier alpha value is -0.160. The fourth-order valence-electron chi connectivity index (χ4n) is 0.453. The van der Waals surface area contributed by atoms with Crippen LogP contribution in [-0.2, 0) is 9.57 Å². The Morgan fingerprint density at radius 1 is 1.42 bits per heavy atom. The van der Waals surface area contributed by atoms with E-state index in [0.717, 1.165) is 0 Å². The van der Waals surface area contributed by atoms with Gasteiger partial charge in [0.25, 0.3) is 0 Å². The minimum Gasteiger partial charge on any atom is -0.389 e. The van der Waals surface area contributed by atoms with Crippen LogP contribution in [0.3, 0.4) is 0 Å². The van der Waals surface area contributed by atoms with Crippen LogP contribution in [0.15, 0.2) is 0 Å². The molecule has 0 aliphatic carbocycles. The van der Waals surface area contributed by atoms with Gasteiger partial charge in [0, 0.05) is 7.11 Å². The fraction of sp³-hybridized carbons (Fsp3) is 1.00. The van der Waals surface area contributed by atoms with Crippen molar-refractivity contribution in [3.8, 4) is 0 Å². The Labute approximate surface area is 73.8 Å². The summed E-state index contributed by atoms with van der Waals surface area (Å²) >= 11 is 0. The van der Waals surface area contributed by atoms with Gasteiger partial charge in [0.15, 0.2) is 0 Å². The number of hydrogen-bond acceptors (Lipinski definition) is 4. The summed E-state index contributed by atoms with van der Waals surface area (Å²) in [7, 11) is 1.61. The first-order valence-electron chi connectivity index (χ1n) is 4.07.